The Balaban J connectivity index is 2.22. The topological polar surface area (TPSA) is 63.8 Å². The van der Waals surface area contributed by atoms with Crippen LogP contribution >= 0.6 is 11.3 Å². The fourth-order valence-electron chi connectivity index (χ4n) is 1.91. The molecule has 3 aromatic rings. The molecule has 90 valence electrons. The third-order valence-corrected chi connectivity index (χ3v) is 3.69. The molecule has 0 aliphatic carbocycles. The van der Waals surface area contributed by atoms with E-state index in [1.54, 1.807) is 11.3 Å². The molecule has 0 saturated heterocycles. The maximum absolute atomic E-state index is 5.42. The van der Waals surface area contributed by atoms with E-state index in [1.807, 2.05) is 25.1 Å². The number of aryl methyl sites for hydroxylation is 1. The van der Waals surface area contributed by atoms with Crippen LogP contribution in [0, 0.1) is 6.92 Å². The predicted octanol–water partition coefficient (Wildman–Crippen LogP) is 2.95. The number of benzene rings is 1. The Bertz CT molecular complexity index is 705. The number of hydrogen-bond donors (Lipinski definition) is 2. The molecule has 0 amide bonds. The average molecular weight is 256 g/mol. The van der Waals surface area contributed by atoms with Crippen molar-refractivity contribution in [1.82, 2.24) is 9.97 Å². The zero-order chi connectivity index (χ0) is 12.5. The van der Waals surface area contributed by atoms with Gasteiger partial charge in [0.2, 0.25) is 0 Å². The number of nitrogen functional groups attached to an aromatic ring is 1. The van der Waals surface area contributed by atoms with Gasteiger partial charge in [0.25, 0.3) is 0 Å². The Morgan fingerprint density at radius 3 is 2.89 bits per heavy atom. The molecule has 0 bridgehead atoms. The Morgan fingerprint density at radius 2 is 2.06 bits per heavy atom. The van der Waals surface area contributed by atoms with Gasteiger partial charge in [-0.1, -0.05) is 18.2 Å². The number of aromatic nitrogens is 2. The lowest BCUT2D eigenvalue weighted by Gasteiger charge is -2.04. The lowest BCUT2D eigenvalue weighted by molar-refractivity contribution is 1.10. The van der Waals surface area contributed by atoms with Crippen LogP contribution in [0.4, 0.5) is 5.82 Å². The third kappa shape index (κ3) is 1.83. The Kier molecular flexibility index (Phi) is 2.70. The molecule has 2 heterocycles. The van der Waals surface area contributed by atoms with Crippen LogP contribution in [0.25, 0.3) is 21.5 Å². The summed E-state index contributed by atoms with van der Waals surface area (Å²) in [6.45, 7) is 1.93. The van der Waals surface area contributed by atoms with Crippen molar-refractivity contribution in [3.63, 3.8) is 0 Å². The molecule has 3 N–H and O–H groups in total. The Hall–Kier alpha value is -1.98. The first-order valence-corrected chi connectivity index (χ1v) is 6.45. The van der Waals surface area contributed by atoms with Crippen LogP contribution in [-0.2, 0) is 0 Å². The minimum atomic E-state index is 0.632. The standard InChI is InChI=1S/C13H12N4S/c1-8-6-12(17-14)16-13(15-8)10-7-18-11-5-3-2-4-9(10)11/h2-7H,14H2,1H3,(H,15,16,17). The lowest BCUT2D eigenvalue weighted by Crippen LogP contribution is -2.09. The van der Waals surface area contributed by atoms with Gasteiger partial charge in [-0.15, -0.1) is 11.3 Å². The van der Waals surface area contributed by atoms with Crippen molar-refractivity contribution >= 4 is 27.2 Å². The number of nitrogens with one attached hydrogen (secondary N) is 1. The molecule has 1 aromatic carbocycles. The molecule has 5 heteroatoms. The summed E-state index contributed by atoms with van der Waals surface area (Å²) in [5, 5.41) is 3.26. The highest BCUT2D eigenvalue weighted by Gasteiger charge is 2.10. The maximum Gasteiger partial charge on any atom is 0.163 e. The second kappa shape index (κ2) is 4.36. The summed E-state index contributed by atoms with van der Waals surface area (Å²) in [6.07, 6.45) is 0. The van der Waals surface area contributed by atoms with E-state index in [-0.39, 0.29) is 0 Å². The van der Waals surface area contributed by atoms with Crippen molar-refractivity contribution in [3.05, 3.63) is 41.4 Å². The Labute approximate surface area is 108 Å². The molecule has 0 spiro atoms. The summed E-state index contributed by atoms with van der Waals surface area (Å²) in [5.41, 5.74) is 4.51. The van der Waals surface area contributed by atoms with E-state index in [0.717, 1.165) is 11.3 Å². The second-order valence-corrected chi connectivity index (χ2v) is 4.92. The quantitative estimate of drug-likeness (QED) is 0.546. The van der Waals surface area contributed by atoms with Gasteiger partial charge in [-0.2, -0.15) is 0 Å². The molecule has 18 heavy (non-hydrogen) atoms. The summed E-state index contributed by atoms with van der Waals surface area (Å²) in [6, 6.07) is 10.1. The third-order valence-electron chi connectivity index (χ3n) is 2.72. The van der Waals surface area contributed by atoms with E-state index in [0.29, 0.717) is 11.6 Å². The number of anilines is 1. The highest BCUT2D eigenvalue weighted by molar-refractivity contribution is 7.17. The van der Waals surface area contributed by atoms with Crippen molar-refractivity contribution in [1.29, 1.82) is 0 Å². The van der Waals surface area contributed by atoms with Crippen LogP contribution in [0.5, 0.6) is 0 Å². The highest BCUT2D eigenvalue weighted by atomic mass is 32.1. The number of nitrogens with zero attached hydrogens (tertiary/aromatic N) is 2. The first-order chi connectivity index (χ1) is 8.78. The molecular formula is C13H12N4S. The van der Waals surface area contributed by atoms with Crippen molar-refractivity contribution in [3.8, 4) is 11.4 Å². The average Bonchev–Trinajstić information content (AvgIpc) is 2.81. The zero-order valence-corrected chi connectivity index (χ0v) is 10.7. The van der Waals surface area contributed by atoms with Gasteiger partial charge in [-0.25, -0.2) is 15.8 Å². The smallest absolute Gasteiger partial charge is 0.163 e. The zero-order valence-electron chi connectivity index (χ0n) is 9.84. The van der Waals surface area contributed by atoms with Crippen LogP contribution in [0.15, 0.2) is 35.7 Å². The highest BCUT2D eigenvalue weighted by Crippen LogP contribution is 2.32. The summed E-state index contributed by atoms with van der Waals surface area (Å²) in [7, 11) is 0. The summed E-state index contributed by atoms with van der Waals surface area (Å²) >= 11 is 1.70. The first kappa shape index (κ1) is 11.1. The molecular weight excluding hydrogens is 244 g/mol. The number of rotatable bonds is 2. The van der Waals surface area contributed by atoms with Crippen molar-refractivity contribution in [2.75, 3.05) is 5.43 Å². The van der Waals surface area contributed by atoms with Crippen LogP contribution in [0.2, 0.25) is 0 Å². The number of fused-ring (bicyclic) bond motifs is 1. The van der Waals surface area contributed by atoms with Gasteiger partial charge in [-0.05, 0) is 13.0 Å². The number of hydrazine groups is 1. The minimum Gasteiger partial charge on any atom is -0.308 e. The fraction of sp³-hybridized carbons (Fsp3) is 0.0769. The molecule has 0 unspecified atom stereocenters. The monoisotopic (exact) mass is 256 g/mol. The van der Waals surface area contributed by atoms with Crippen LogP contribution in [0.1, 0.15) is 5.69 Å². The summed E-state index contributed by atoms with van der Waals surface area (Å²) in [5.74, 6) is 6.76. The SMILES string of the molecule is Cc1cc(NN)nc(-c2csc3ccccc23)n1. The molecule has 0 radical (unpaired) electrons. The molecule has 0 aliphatic heterocycles. The van der Waals surface area contributed by atoms with Gasteiger partial charge in [0.15, 0.2) is 5.82 Å². The van der Waals surface area contributed by atoms with Crippen molar-refractivity contribution in [2.45, 2.75) is 6.92 Å². The van der Waals surface area contributed by atoms with Gasteiger partial charge in [0, 0.05) is 32.8 Å². The molecule has 0 fully saturated rings. The maximum atomic E-state index is 5.42. The number of hydrogen-bond acceptors (Lipinski definition) is 5. The van der Waals surface area contributed by atoms with Crippen LogP contribution < -0.4 is 11.3 Å². The van der Waals surface area contributed by atoms with E-state index >= 15 is 0 Å². The fourth-order valence-corrected chi connectivity index (χ4v) is 2.85. The molecule has 0 saturated carbocycles. The number of thiophene rings is 1. The molecule has 0 atom stereocenters. The summed E-state index contributed by atoms with van der Waals surface area (Å²) in [4.78, 5) is 8.88. The van der Waals surface area contributed by atoms with Crippen molar-refractivity contribution < 1.29 is 0 Å². The Morgan fingerprint density at radius 1 is 1.22 bits per heavy atom. The van der Waals surface area contributed by atoms with E-state index in [9.17, 15) is 0 Å². The molecule has 2 aromatic heterocycles. The first-order valence-electron chi connectivity index (χ1n) is 5.57. The van der Waals surface area contributed by atoms with Gasteiger partial charge >= 0.3 is 0 Å². The van der Waals surface area contributed by atoms with E-state index in [2.05, 4.69) is 32.9 Å². The van der Waals surface area contributed by atoms with Gasteiger partial charge in [0.05, 0.1) is 0 Å². The van der Waals surface area contributed by atoms with E-state index in [4.69, 9.17) is 5.84 Å². The normalized spacial score (nSPS) is 10.8. The second-order valence-electron chi connectivity index (χ2n) is 4.01. The molecule has 0 aliphatic rings. The van der Waals surface area contributed by atoms with Crippen LogP contribution in [0.3, 0.4) is 0 Å². The minimum absolute atomic E-state index is 0.632. The van der Waals surface area contributed by atoms with E-state index < -0.39 is 0 Å². The molecule has 4 nitrogen and oxygen atoms in total. The van der Waals surface area contributed by atoms with E-state index in [1.165, 1.54) is 10.1 Å². The van der Waals surface area contributed by atoms with Crippen LogP contribution in [-0.4, -0.2) is 9.97 Å². The summed E-state index contributed by atoms with van der Waals surface area (Å²) < 4.78 is 1.24. The van der Waals surface area contributed by atoms with Gasteiger partial charge in [-0.3, -0.25) is 0 Å². The largest absolute Gasteiger partial charge is 0.308 e. The van der Waals surface area contributed by atoms with Gasteiger partial charge in [0.1, 0.15) is 5.82 Å². The molecule has 3 rings (SSSR count). The predicted molar refractivity (Wildman–Crippen MR) is 75.4 cm³/mol. The number of nitrogens with two attached hydrogens (primary N) is 1. The lowest BCUT2D eigenvalue weighted by atomic mass is 10.1. The van der Waals surface area contributed by atoms with Crippen molar-refractivity contribution in [2.24, 2.45) is 5.84 Å². The van der Waals surface area contributed by atoms with Gasteiger partial charge < -0.3 is 5.43 Å².